The highest BCUT2D eigenvalue weighted by Gasteiger charge is 2.10. The van der Waals surface area contributed by atoms with Crippen LogP contribution in [-0.4, -0.2) is 0 Å². The standard InChI is InChI=1S/C16H20FNS/c1-10-7-14(5-6-16(10)17)9-18-12(3)15-8-11(2)19-13(15)4/h5-8,12,18H,9H2,1-4H3. The molecule has 0 saturated carbocycles. The second kappa shape index (κ2) is 5.85. The molecule has 3 heteroatoms. The van der Waals surface area contributed by atoms with Crippen molar-refractivity contribution in [2.24, 2.45) is 0 Å². The maximum atomic E-state index is 13.2. The van der Waals surface area contributed by atoms with Crippen molar-refractivity contribution >= 4 is 11.3 Å². The number of nitrogens with one attached hydrogen (secondary N) is 1. The molecule has 102 valence electrons. The third-order valence-corrected chi connectivity index (χ3v) is 4.36. The van der Waals surface area contributed by atoms with E-state index in [1.54, 1.807) is 6.92 Å². The molecular formula is C16H20FNS. The minimum Gasteiger partial charge on any atom is -0.306 e. The molecule has 1 unspecified atom stereocenters. The number of rotatable bonds is 4. The highest BCUT2D eigenvalue weighted by molar-refractivity contribution is 7.12. The van der Waals surface area contributed by atoms with Crippen LogP contribution in [-0.2, 0) is 6.54 Å². The summed E-state index contributed by atoms with van der Waals surface area (Å²) in [7, 11) is 0. The Morgan fingerprint density at radius 1 is 1.21 bits per heavy atom. The van der Waals surface area contributed by atoms with Crippen molar-refractivity contribution in [3.05, 3.63) is 56.5 Å². The fourth-order valence-electron chi connectivity index (χ4n) is 2.28. The van der Waals surface area contributed by atoms with E-state index >= 15 is 0 Å². The zero-order valence-corrected chi connectivity index (χ0v) is 12.7. The molecule has 0 bridgehead atoms. The summed E-state index contributed by atoms with van der Waals surface area (Å²) in [5.41, 5.74) is 3.19. The molecule has 0 aliphatic rings. The second-order valence-corrected chi connectivity index (χ2v) is 6.52. The second-order valence-electron chi connectivity index (χ2n) is 5.05. The molecule has 2 rings (SSSR count). The predicted molar refractivity (Wildman–Crippen MR) is 80.2 cm³/mol. The summed E-state index contributed by atoms with van der Waals surface area (Å²) in [6.45, 7) is 9.03. The Bertz CT molecular complexity index is 574. The van der Waals surface area contributed by atoms with Gasteiger partial charge in [0.1, 0.15) is 5.82 Å². The average Bonchev–Trinajstić information content (AvgIpc) is 2.70. The topological polar surface area (TPSA) is 12.0 Å². The molecule has 1 N–H and O–H groups in total. The van der Waals surface area contributed by atoms with Crippen LogP contribution in [0.2, 0.25) is 0 Å². The molecule has 19 heavy (non-hydrogen) atoms. The smallest absolute Gasteiger partial charge is 0.126 e. The van der Waals surface area contributed by atoms with E-state index in [0.29, 0.717) is 11.6 Å². The molecule has 0 saturated heterocycles. The SMILES string of the molecule is Cc1cc(C(C)NCc2ccc(F)c(C)c2)c(C)s1. The van der Waals surface area contributed by atoms with Crippen LogP contribution in [0.4, 0.5) is 4.39 Å². The summed E-state index contributed by atoms with van der Waals surface area (Å²) in [6.07, 6.45) is 0. The predicted octanol–water partition coefficient (Wildman–Crippen LogP) is 4.66. The van der Waals surface area contributed by atoms with E-state index in [9.17, 15) is 4.39 Å². The van der Waals surface area contributed by atoms with Crippen LogP contribution in [0, 0.1) is 26.6 Å². The first-order chi connectivity index (χ1) is 8.97. The largest absolute Gasteiger partial charge is 0.306 e. The lowest BCUT2D eigenvalue weighted by Gasteiger charge is -2.14. The van der Waals surface area contributed by atoms with Crippen molar-refractivity contribution in [2.75, 3.05) is 0 Å². The Labute approximate surface area is 118 Å². The number of halogens is 1. The Kier molecular flexibility index (Phi) is 4.38. The van der Waals surface area contributed by atoms with Crippen LogP contribution in [0.5, 0.6) is 0 Å². The highest BCUT2D eigenvalue weighted by atomic mass is 32.1. The van der Waals surface area contributed by atoms with Gasteiger partial charge in [-0.15, -0.1) is 11.3 Å². The molecule has 1 aromatic carbocycles. The van der Waals surface area contributed by atoms with E-state index in [4.69, 9.17) is 0 Å². The van der Waals surface area contributed by atoms with Crippen LogP contribution in [0.25, 0.3) is 0 Å². The van der Waals surface area contributed by atoms with Crippen LogP contribution in [0.3, 0.4) is 0 Å². The maximum absolute atomic E-state index is 13.2. The molecule has 1 nitrogen and oxygen atoms in total. The van der Waals surface area contributed by atoms with Crippen LogP contribution in [0.15, 0.2) is 24.3 Å². The number of benzene rings is 1. The Balaban J connectivity index is 2.02. The number of hydrogen-bond acceptors (Lipinski definition) is 2. The highest BCUT2D eigenvalue weighted by Crippen LogP contribution is 2.26. The van der Waals surface area contributed by atoms with Gasteiger partial charge in [0, 0.05) is 22.3 Å². The third kappa shape index (κ3) is 3.43. The van der Waals surface area contributed by atoms with Gasteiger partial charge < -0.3 is 5.32 Å². The van der Waals surface area contributed by atoms with Gasteiger partial charge in [0.15, 0.2) is 0 Å². The minimum absolute atomic E-state index is 0.138. The van der Waals surface area contributed by atoms with Crippen molar-refractivity contribution in [3.8, 4) is 0 Å². The van der Waals surface area contributed by atoms with Gasteiger partial charge >= 0.3 is 0 Å². The number of hydrogen-bond donors (Lipinski definition) is 1. The third-order valence-electron chi connectivity index (χ3n) is 3.38. The Morgan fingerprint density at radius 3 is 2.53 bits per heavy atom. The lowest BCUT2D eigenvalue weighted by molar-refractivity contribution is 0.571. The zero-order chi connectivity index (χ0) is 14.0. The van der Waals surface area contributed by atoms with Gasteiger partial charge in [0.25, 0.3) is 0 Å². The molecule has 0 fully saturated rings. The van der Waals surface area contributed by atoms with Crippen molar-refractivity contribution in [2.45, 2.75) is 40.3 Å². The molecule has 0 radical (unpaired) electrons. The summed E-state index contributed by atoms with van der Waals surface area (Å²) >= 11 is 1.83. The van der Waals surface area contributed by atoms with Crippen LogP contribution < -0.4 is 5.32 Å². The molecule has 1 heterocycles. The fourth-order valence-corrected chi connectivity index (χ4v) is 3.30. The van der Waals surface area contributed by atoms with E-state index in [1.165, 1.54) is 21.4 Å². The van der Waals surface area contributed by atoms with Crippen LogP contribution in [0.1, 0.15) is 39.4 Å². The molecule has 1 aromatic heterocycles. The maximum Gasteiger partial charge on any atom is 0.126 e. The quantitative estimate of drug-likeness (QED) is 0.856. The summed E-state index contributed by atoms with van der Waals surface area (Å²) < 4.78 is 13.2. The first-order valence-corrected chi connectivity index (χ1v) is 7.34. The summed E-state index contributed by atoms with van der Waals surface area (Å²) in [5.74, 6) is -0.138. The number of thiophene rings is 1. The van der Waals surface area contributed by atoms with E-state index in [2.05, 4.69) is 32.2 Å². The normalized spacial score (nSPS) is 12.7. The van der Waals surface area contributed by atoms with Gasteiger partial charge in [-0.05, 0) is 56.5 Å². The van der Waals surface area contributed by atoms with E-state index in [1.807, 2.05) is 23.5 Å². The average molecular weight is 277 g/mol. The Morgan fingerprint density at radius 2 is 1.95 bits per heavy atom. The van der Waals surface area contributed by atoms with Gasteiger partial charge in [-0.25, -0.2) is 4.39 Å². The fraction of sp³-hybridized carbons (Fsp3) is 0.375. The van der Waals surface area contributed by atoms with Crippen molar-refractivity contribution in [1.82, 2.24) is 5.32 Å². The molecule has 1 atom stereocenters. The lowest BCUT2D eigenvalue weighted by atomic mass is 10.1. The van der Waals surface area contributed by atoms with E-state index < -0.39 is 0 Å². The molecule has 2 aromatic rings. The first-order valence-electron chi connectivity index (χ1n) is 6.52. The molecule has 0 aliphatic heterocycles. The van der Waals surface area contributed by atoms with Gasteiger partial charge in [-0.1, -0.05) is 12.1 Å². The molecule has 0 amide bonds. The van der Waals surface area contributed by atoms with Crippen LogP contribution >= 0.6 is 11.3 Å². The minimum atomic E-state index is -0.138. The first kappa shape index (κ1) is 14.2. The van der Waals surface area contributed by atoms with Gasteiger partial charge in [-0.3, -0.25) is 0 Å². The lowest BCUT2D eigenvalue weighted by Crippen LogP contribution is -2.18. The van der Waals surface area contributed by atoms with Gasteiger partial charge in [0.2, 0.25) is 0 Å². The molecule has 0 aliphatic carbocycles. The summed E-state index contributed by atoms with van der Waals surface area (Å²) in [6, 6.07) is 7.84. The van der Waals surface area contributed by atoms with Crippen molar-refractivity contribution in [3.63, 3.8) is 0 Å². The van der Waals surface area contributed by atoms with E-state index in [-0.39, 0.29) is 5.82 Å². The number of aryl methyl sites for hydroxylation is 3. The zero-order valence-electron chi connectivity index (χ0n) is 11.9. The Hall–Kier alpha value is -1.19. The van der Waals surface area contributed by atoms with Gasteiger partial charge in [-0.2, -0.15) is 0 Å². The van der Waals surface area contributed by atoms with Crippen molar-refractivity contribution < 1.29 is 4.39 Å². The monoisotopic (exact) mass is 277 g/mol. The molecule has 0 spiro atoms. The summed E-state index contributed by atoms with van der Waals surface area (Å²) in [5, 5.41) is 3.50. The summed E-state index contributed by atoms with van der Waals surface area (Å²) in [4.78, 5) is 2.71. The van der Waals surface area contributed by atoms with E-state index in [0.717, 1.165) is 12.1 Å². The van der Waals surface area contributed by atoms with Gasteiger partial charge in [0.05, 0.1) is 0 Å². The molecular weight excluding hydrogens is 257 g/mol. The van der Waals surface area contributed by atoms with Crippen molar-refractivity contribution in [1.29, 1.82) is 0 Å².